The van der Waals surface area contributed by atoms with Crippen LogP contribution in [-0.4, -0.2) is 24.3 Å². The first kappa shape index (κ1) is 13.5. The molecule has 0 aliphatic rings. The Morgan fingerprint density at radius 3 is 2.74 bits per heavy atom. The highest BCUT2D eigenvalue weighted by Crippen LogP contribution is 2.08. The van der Waals surface area contributed by atoms with Crippen molar-refractivity contribution in [3.05, 3.63) is 47.4 Å². The molecule has 1 amide bonds. The number of hydrogen-bond donors (Lipinski definition) is 1. The summed E-state index contributed by atoms with van der Waals surface area (Å²) < 4.78 is 29.9. The smallest absolute Gasteiger partial charge is 0.286 e. The van der Waals surface area contributed by atoms with E-state index in [0.29, 0.717) is 5.56 Å². The van der Waals surface area contributed by atoms with Crippen molar-refractivity contribution >= 4 is 27.5 Å². The van der Waals surface area contributed by atoms with Crippen molar-refractivity contribution in [2.24, 2.45) is 0 Å². The molecular weight excluding hydrogens is 294 g/mol. The number of nitrogens with zero attached hydrogens (tertiary/aromatic N) is 2. The highest BCUT2D eigenvalue weighted by atomic mass is 35.5. The molecule has 0 spiro atoms. The topological polar surface area (TPSA) is 102 Å². The van der Waals surface area contributed by atoms with E-state index >= 15 is 0 Å². The molecule has 2 aromatic rings. The van der Waals surface area contributed by atoms with Gasteiger partial charge in [-0.1, -0.05) is 17.7 Å². The molecule has 0 aliphatic carbocycles. The quantitative estimate of drug-likeness (QED) is 0.845. The number of hydrogen-bond acceptors (Lipinski definition) is 6. The van der Waals surface area contributed by atoms with Gasteiger partial charge >= 0.3 is 0 Å². The van der Waals surface area contributed by atoms with Gasteiger partial charge in [0.1, 0.15) is 11.4 Å². The Kier molecular flexibility index (Phi) is 3.82. The summed E-state index contributed by atoms with van der Waals surface area (Å²) in [4.78, 5) is 18.8. The van der Waals surface area contributed by atoms with Crippen LogP contribution in [0.15, 0.2) is 35.4 Å². The van der Waals surface area contributed by atoms with E-state index in [1.165, 1.54) is 18.3 Å². The third-order valence-corrected chi connectivity index (χ3v) is 3.49. The Morgan fingerprint density at radius 2 is 2.16 bits per heavy atom. The Balaban J connectivity index is 2.07. The third kappa shape index (κ3) is 3.76. The molecule has 0 radical (unpaired) electrons. The van der Waals surface area contributed by atoms with E-state index < -0.39 is 15.9 Å². The SMILES string of the molecule is O=C(NS(=O)(=O)Cc1ccc(Cl)nc1)c1cocn1. The van der Waals surface area contributed by atoms with Gasteiger partial charge < -0.3 is 4.42 Å². The minimum Gasteiger partial charge on any atom is -0.451 e. The first-order valence-electron chi connectivity index (χ1n) is 5.00. The summed E-state index contributed by atoms with van der Waals surface area (Å²) in [6, 6.07) is 2.97. The van der Waals surface area contributed by atoms with Gasteiger partial charge in [0, 0.05) is 6.20 Å². The van der Waals surface area contributed by atoms with E-state index in [4.69, 9.17) is 11.6 Å². The molecule has 0 aliphatic heterocycles. The summed E-state index contributed by atoms with van der Waals surface area (Å²) in [5.74, 6) is -1.24. The number of nitrogens with one attached hydrogen (secondary N) is 1. The summed E-state index contributed by atoms with van der Waals surface area (Å²) >= 11 is 5.59. The van der Waals surface area contributed by atoms with Crippen LogP contribution in [0.1, 0.15) is 16.1 Å². The number of pyridine rings is 1. The molecule has 1 N–H and O–H groups in total. The van der Waals surface area contributed by atoms with Gasteiger partial charge in [-0.3, -0.25) is 4.79 Å². The second-order valence-electron chi connectivity index (χ2n) is 3.55. The van der Waals surface area contributed by atoms with Gasteiger partial charge in [-0.05, 0) is 11.6 Å². The van der Waals surface area contributed by atoms with E-state index in [1.54, 1.807) is 0 Å². The lowest BCUT2D eigenvalue weighted by Crippen LogP contribution is -2.31. The average Bonchev–Trinajstić information content (AvgIpc) is 2.85. The average molecular weight is 302 g/mol. The highest BCUT2D eigenvalue weighted by molar-refractivity contribution is 7.89. The molecule has 0 atom stereocenters. The van der Waals surface area contributed by atoms with Gasteiger partial charge in [0.2, 0.25) is 10.0 Å². The van der Waals surface area contributed by atoms with Crippen LogP contribution in [0.5, 0.6) is 0 Å². The zero-order chi connectivity index (χ0) is 13.9. The predicted octanol–water partition coefficient (Wildman–Crippen LogP) is 0.983. The van der Waals surface area contributed by atoms with Gasteiger partial charge in [-0.25, -0.2) is 23.1 Å². The number of carbonyl (C=O) groups excluding carboxylic acids is 1. The Bertz CT molecular complexity index is 667. The van der Waals surface area contributed by atoms with E-state index in [9.17, 15) is 13.2 Å². The second kappa shape index (κ2) is 5.37. The fraction of sp³-hybridized carbons (Fsp3) is 0.100. The zero-order valence-corrected chi connectivity index (χ0v) is 11.0. The predicted molar refractivity (Wildman–Crippen MR) is 65.8 cm³/mol. The Hall–Kier alpha value is -1.93. The van der Waals surface area contributed by atoms with Gasteiger partial charge in [0.25, 0.3) is 5.91 Å². The molecule has 0 unspecified atom stereocenters. The number of amides is 1. The van der Waals surface area contributed by atoms with Crippen LogP contribution >= 0.6 is 11.6 Å². The van der Waals surface area contributed by atoms with Crippen LogP contribution in [0.3, 0.4) is 0 Å². The molecule has 19 heavy (non-hydrogen) atoms. The van der Waals surface area contributed by atoms with E-state index in [2.05, 4.69) is 14.4 Å². The summed E-state index contributed by atoms with van der Waals surface area (Å²) in [5, 5.41) is 0.257. The maximum absolute atomic E-state index is 11.7. The molecule has 9 heteroatoms. The van der Waals surface area contributed by atoms with Crippen molar-refractivity contribution in [3.8, 4) is 0 Å². The number of carbonyl (C=O) groups is 1. The summed E-state index contributed by atoms with van der Waals surface area (Å²) in [6.07, 6.45) is 3.40. The third-order valence-electron chi connectivity index (χ3n) is 2.06. The molecule has 7 nitrogen and oxygen atoms in total. The number of sulfonamides is 1. The van der Waals surface area contributed by atoms with Crippen molar-refractivity contribution < 1.29 is 17.6 Å². The molecule has 100 valence electrons. The lowest BCUT2D eigenvalue weighted by molar-refractivity contribution is 0.0976. The van der Waals surface area contributed by atoms with Crippen LogP contribution in [0.25, 0.3) is 0 Å². The van der Waals surface area contributed by atoms with Gasteiger partial charge in [-0.2, -0.15) is 0 Å². The van der Waals surface area contributed by atoms with Crippen molar-refractivity contribution in [1.82, 2.24) is 14.7 Å². The van der Waals surface area contributed by atoms with Crippen LogP contribution < -0.4 is 4.72 Å². The van der Waals surface area contributed by atoms with Crippen LogP contribution in [0.2, 0.25) is 5.15 Å². The normalized spacial score (nSPS) is 11.2. The number of halogens is 1. The molecule has 0 fully saturated rings. The maximum Gasteiger partial charge on any atom is 0.286 e. The summed E-state index contributed by atoms with van der Waals surface area (Å²) in [5.41, 5.74) is 0.294. The van der Waals surface area contributed by atoms with E-state index in [-0.39, 0.29) is 16.6 Å². The molecule has 2 rings (SSSR count). The highest BCUT2D eigenvalue weighted by Gasteiger charge is 2.18. The van der Waals surface area contributed by atoms with Gasteiger partial charge in [0.15, 0.2) is 12.1 Å². The van der Waals surface area contributed by atoms with Crippen LogP contribution in [0, 0.1) is 0 Å². The Morgan fingerprint density at radius 1 is 1.37 bits per heavy atom. The first-order valence-corrected chi connectivity index (χ1v) is 7.03. The summed E-state index contributed by atoms with van der Waals surface area (Å²) in [7, 11) is -3.84. The molecule has 2 heterocycles. The van der Waals surface area contributed by atoms with Gasteiger partial charge in [-0.15, -0.1) is 0 Å². The zero-order valence-electron chi connectivity index (χ0n) is 9.41. The Labute approximate surface area is 113 Å². The lowest BCUT2D eigenvalue weighted by atomic mass is 10.3. The van der Waals surface area contributed by atoms with Crippen LogP contribution in [0.4, 0.5) is 0 Å². The van der Waals surface area contributed by atoms with Crippen molar-refractivity contribution in [3.63, 3.8) is 0 Å². The molecule has 2 aromatic heterocycles. The molecule has 0 saturated carbocycles. The molecular formula is C10H8ClN3O4S. The van der Waals surface area contributed by atoms with Crippen molar-refractivity contribution in [2.45, 2.75) is 5.75 Å². The maximum atomic E-state index is 11.7. The number of rotatable bonds is 4. The lowest BCUT2D eigenvalue weighted by Gasteiger charge is -2.05. The minimum absolute atomic E-state index is 0.113. The largest absolute Gasteiger partial charge is 0.451 e. The van der Waals surface area contributed by atoms with Crippen molar-refractivity contribution in [2.75, 3.05) is 0 Å². The number of aromatic nitrogens is 2. The fourth-order valence-electron chi connectivity index (χ4n) is 1.27. The van der Waals surface area contributed by atoms with Crippen molar-refractivity contribution in [1.29, 1.82) is 0 Å². The number of oxazole rings is 1. The second-order valence-corrected chi connectivity index (χ2v) is 5.66. The molecule has 0 saturated heterocycles. The monoisotopic (exact) mass is 301 g/mol. The molecule has 0 aromatic carbocycles. The van der Waals surface area contributed by atoms with E-state index in [0.717, 1.165) is 12.7 Å². The molecule has 0 bridgehead atoms. The van der Waals surface area contributed by atoms with Gasteiger partial charge in [0.05, 0.1) is 5.75 Å². The first-order chi connectivity index (χ1) is 8.96. The summed E-state index contributed by atoms with van der Waals surface area (Å²) in [6.45, 7) is 0. The standard InChI is InChI=1S/C10H8ClN3O4S/c11-9-2-1-7(3-12-9)5-19(16,17)14-10(15)8-4-18-6-13-8/h1-4,6H,5H2,(H,14,15). The minimum atomic E-state index is -3.84. The fourth-order valence-corrected chi connectivity index (χ4v) is 2.45. The van der Waals surface area contributed by atoms with Crippen LogP contribution in [-0.2, 0) is 15.8 Å². The van der Waals surface area contributed by atoms with E-state index in [1.807, 2.05) is 4.72 Å².